The number of nitrogens with one attached hydrogen (secondary N) is 2. The van der Waals surface area contributed by atoms with E-state index in [4.69, 9.17) is 0 Å². The highest BCUT2D eigenvalue weighted by Gasteiger charge is 2.29. The van der Waals surface area contributed by atoms with Crippen molar-refractivity contribution in [3.63, 3.8) is 0 Å². The van der Waals surface area contributed by atoms with Crippen LogP contribution in [0.4, 0.5) is 5.69 Å². The lowest BCUT2D eigenvalue weighted by atomic mass is 10.1. The maximum Gasteiger partial charge on any atom is 0.253 e. The molecule has 1 aliphatic rings. The lowest BCUT2D eigenvalue weighted by molar-refractivity contribution is -0.117. The average Bonchev–Trinajstić information content (AvgIpc) is 3.60. The summed E-state index contributed by atoms with van der Waals surface area (Å²) in [5.41, 5.74) is 1.94. The van der Waals surface area contributed by atoms with Gasteiger partial charge < -0.3 is 10.2 Å². The number of nitrogens with zero attached hydrogens (tertiary/aromatic N) is 1. The van der Waals surface area contributed by atoms with Gasteiger partial charge in [-0.05, 0) is 75.6 Å². The van der Waals surface area contributed by atoms with Crippen molar-refractivity contribution in [3.05, 3.63) is 59.7 Å². The molecule has 2 amide bonds. The molecule has 1 fully saturated rings. The summed E-state index contributed by atoms with van der Waals surface area (Å²) >= 11 is 0. The smallest absolute Gasteiger partial charge is 0.253 e. The topological polar surface area (TPSA) is 95.6 Å². The number of carbonyl (C=O) groups is 2. The zero-order valence-electron chi connectivity index (χ0n) is 18.1. The Morgan fingerprint density at radius 3 is 2.10 bits per heavy atom. The summed E-state index contributed by atoms with van der Waals surface area (Å²) in [6.45, 7) is 6.75. The molecule has 31 heavy (non-hydrogen) atoms. The third-order valence-electron chi connectivity index (χ3n) is 5.42. The molecule has 0 bridgehead atoms. The van der Waals surface area contributed by atoms with E-state index in [1.54, 1.807) is 36.1 Å². The van der Waals surface area contributed by atoms with Crippen LogP contribution in [0.5, 0.6) is 0 Å². The van der Waals surface area contributed by atoms with Crippen LogP contribution < -0.4 is 10.0 Å². The molecule has 0 heterocycles. The van der Waals surface area contributed by atoms with E-state index >= 15 is 0 Å². The lowest BCUT2D eigenvalue weighted by Crippen LogP contribution is -2.30. The highest BCUT2D eigenvalue weighted by atomic mass is 32.2. The van der Waals surface area contributed by atoms with Gasteiger partial charge in [-0.2, -0.15) is 0 Å². The van der Waals surface area contributed by atoms with E-state index < -0.39 is 16.1 Å². The molecular weight excluding hydrogens is 414 g/mol. The monoisotopic (exact) mass is 443 g/mol. The Morgan fingerprint density at radius 1 is 1.00 bits per heavy atom. The number of rotatable bonds is 9. The van der Waals surface area contributed by atoms with Crippen LogP contribution in [-0.4, -0.2) is 38.2 Å². The third-order valence-corrected chi connectivity index (χ3v) is 6.98. The Balaban J connectivity index is 1.65. The van der Waals surface area contributed by atoms with E-state index in [1.807, 2.05) is 13.8 Å². The van der Waals surface area contributed by atoms with E-state index in [-0.39, 0.29) is 22.6 Å². The van der Waals surface area contributed by atoms with Crippen molar-refractivity contribution in [2.24, 2.45) is 5.92 Å². The third kappa shape index (κ3) is 5.71. The standard InChI is InChI=1S/C23H29N3O4S/c1-4-26(5-2)23(28)19-10-14-21(15-11-19)31(29,30)25-16(3)17-8-12-20(13-9-17)24-22(27)18-6-7-18/h8-16,18,25H,4-7H2,1-3H3,(H,24,27). The summed E-state index contributed by atoms with van der Waals surface area (Å²) in [7, 11) is -3.76. The Bertz CT molecular complexity index is 1030. The van der Waals surface area contributed by atoms with Crippen LogP contribution in [0.1, 0.15) is 55.6 Å². The number of anilines is 1. The molecule has 0 spiro atoms. The van der Waals surface area contributed by atoms with E-state index in [0.29, 0.717) is 24.3 Å². The fourth-order valence-corrected chi connectivity index (χ4v) is 4.52. The molecule has 0 aliphatic heterocycles. The van der Waals surface area contributed by atoms with Crippen LogP contribution in [0, 0.1) is 5.92 Å². The van der Waals surface area contributed by atoms with E-state index in [1.165, 1.54) is 24.3 Å². The molecule has 1 atom stereocenters. The molecule has 7 nitrogen and oxygen atoms in total. The summed E-state index contributed by atoms with van der Waals surface area (Å²) in [6, 6.07) is 12.6. The van der Waals surface area contributed by atoms with Gasteiger partial charge >= 0.3 is 0 Å². The van der Waals surface area contributed by atoms with Crippen LogP contribution in [0.25, 0.3) is 0 Å². The first-order valence-corrected chi connectivity index (χ1v) is 12.1. The zero-order chi connectivity index (χ0) is 22.6. The van der Waals surface area contributed by atoms with Gasteiger partial charge in [-0.1, -0.05) is 12.1 Å². The first-order chi connectivity index (χ1) is 14.7. The second-order valence-electron chi connectivity index (χ2n) is 7.73. The molecule has 8 heteroatoms. The van der Waals surface area contributed by atoms with Crippen LogP contribution in [0.3, 0.4) is 0 Å². The van der Waals surface area contributed by atoms with Crippen LogP contribution in [-0.2, 0) is 14.8 Å². The van der Waals surface area contributed by atoms with E-state index in [2.05, 4.69) is 10.0 Å². The predicted molar refractivity (Wildman–Crippen MR) is 120 cm³/mol. The number of hydrogen-bond acceptors (Lipinski definition) is 4. The molecule has 2 aromatic carbocycles. The summed E-state index contributed by atoms with van der Waals surface area (Å²) in [5.74, 6) is 0.0349. The number of benzene rings is 2. The van der Waals surface area contributed by atoms with Crippen molar-refractivity contribution in [1.82, 2.24) is 9.62 Å². The van der Waals surface area contributed by atoms with E-state index in [0.717, 1.165) is 18.4 Å². The Labute approximate surface area is 183 Å². The van der Waals surface area contributed by atoms with Crippen molar-refractivity contribution >= 4 is 27.5 Å². The minimum absolute atomic E-state index is 0.0319. The highest BCUT2D eigenvalue weighted by Crippen LogP contribution is 2.30. The minimum Gasteiger partial charge on any atom is -0.339 e. The number of sulfonamides is 1. The van der Waals surface area contributed by atoms with Gasteiger partial charge in [0.1, 0.15) is 0 Å². The van der Waals surface area contributed by atoms with Gasteiger partial charge in [0.25, 0.3) is 5.91 Å². The van der Waals surface area contributed by atoms with Crippen molar-refractivity contribution in [2.75, 3.05) is 18.4 Å². The van der Waals surface area contributed by atoms with Crippen LogP contribution in [0.15, 0.2) is 53.4 Å². The quantitative estimate of drug-likeness (QED) is 0.619. The minimum atomic E-state index is -3.76. The van der Waals surface area contributed by atoms with Gasteiger partial charge in [0.2, 0.25) is 15.9 Å². The van der Waals surface area contributed by atoms with E-state index in [9.17, 15) is 18.0 Å². The Morgan fingerprint density at radius 2 is 1.58 bits per heavy atom. The number of hydrogen-bond donors (Lipinski definition) is 2. The summed E-state index contributed by atoms with van der Waals surface area (Å²) in [6.07, 6.45) is 1.88. The molecule has 1 aliphatic carbocycles. The van der Waals surface area contributed by atoms with Crippen LogP contribution >= 0.6 is 0 Å². The maximum atomic E-state index is 12.8. The maximum absolute atomic E-state index is 12.8. The molecule has 2 aromatic rings. The van der Waals surface area contributed by atoms with Crippen molar-refractivity contribution in [3.8, 4) is 0 Å². The summed E-state index contributed by atoms with van der Waals surface area (Å²) in [4.78, 5) is 26.0. The number of carbonyl (C=O) groups excluding carboxylic acids is 2. The zero-order valence-corrected chi connectivity index (χ0v) is 18.9. The summed E-state index contributed by atoms with van der Waals surface area (Å²) in [5, 5.41) is 2.87. The molecule has 0 aromatic heterocycles. The molecule has 0 radical (unpaired) electrons. The molecule has 1 saturated carbocycles. The van der Waals surface area contributed by atoms with Crippen LogP contribution in [0.2, 0.25) is 0 Å². The second kappa shape index (κ2) is 9.62. The van der Waals surface area contributed by atoms with Crippen molar-refractivity contribution in [1.29, 1.82) is 0 Å². The first kappa shape index (κ1) is 23.0. The Hall–Kier alpha value is -2.71. The number of amides is 2. The Kier molecular flexibility index (Phi) is 7.12. The molecule has 2 N–H and O–H groups in total. The van der Waals surface area contributed by atoms with Gasteiger partial charge in [0, 0.05) is 36.3 Å². The molecule has 166 valence electrons. The van der Waals surface area contributed by atoms with Gasteiger partial charge in [0.05, 0.1) is 4.90 Å². The van der Waals surface area contributed by atoms with Gasteiger partial charge in [-0.15, -0.1) is 0 Å². The fraction of sp³-hybridized carbons (Fsp3) is 0.391. The largest absolute Gasteiger partial charge is 0.339 e. The van der Waals surface area contributed by atoms with Gasteiger partial charge in [-0.25, -0.2) is 13.1 Å². The predicted octanol–water partition coefficient (Wildman–Crippen LogP) is 3.56. The highest BCUT2D eigenvalue weighted by molar-refractivity contribution is 7.89. The average molecular weight is 444 g/mol. The second-order valence-corrected chi connectivity index (χ2v) is 9.44. The van der Waals surface area contributed by atoms with Crippen molar-refractivity contribution < 1.29 is 18.0 Å². The fourth-order valence-electron chi connectivity index (χ4n) is 3.28. The van der Waals surface area contributed by atoms with Crippen molar-refractivity contribution in [2.45, 2.75) is 44.6 Å². The molecule has 0 saturated heterocycles. The van der Waals surface area contributed by atoms with Gasteiger partial charge in [0.15, 0.2) is 0 Å². The molecule has 3 rings (SSSR count). The summed E-state index contributed by atoms with van der Waals surface area (Å²) < 4.78 is 28.2. The first-order valence-electron chi connectivity index (χ1n) is 10.6. The SMILES string of the molecule is CCN(CC)C(=O)c1ccc(S(=O)(=O)NC(C)c2ccc(NC(=O)C3CC3)cc2)cc1. The lowest BCUT2D eigenvalue weighted by Gasteiger charge is -2.19. The molecular formula is C23H29N3O4S. The molecule has 1 unspecified atom stereocenters. The van der Waals surface area contributed by atoms with Gasteiger partial charge in [-0.3, -0.25) is 9.59 Å². The normalized spacial score (nSPS) is 14.7.